The van der Waals surface area contributed by atoms with Crippen LogP contribution in [0, 0.1) is 6.92 Å². The highest BCUT2D eigenvalue weighted by Crippen LogP contribution is 2.65. The Kier molecular flexibility index (Phi) is 4.96. The number of furan rings is 1. The summed E-state index contributed by atoms with van der Waals surface area (Å²) in [6.45, 7) is 7.31. The van der Waals surface area contributed by atoms with Gasteiger partial charge in [-0.3, -0.25) is 9.69 Å². The van der Waals surface area contributed by atoms with E-state index in [0.717, 1.165) is 23.4 Å². The van der Waals surface area contributed by atoms with Crippen LogP contribution in [0.1, 0.15) is 41.9 Å². The number of aromatic hydroxyl groups is 1. The first-order valence-electron chi connectivity index (χ1n) is 12.4. The molecule has 7 nitrogen and oxygen atoms in total. The van der Waals surface area contributed by atoms with Gasteiger partial charge < -0.3 is 24.3 Å². The summed E-state index contributed by atoms with van der Waals surface area (Å²) < 4.78 is 12.1. The summed E-state index contributed by atoms with van der Waals surface area (Å²) in [6, 6.07) is 7.05. The van der Waals surface area contributed by atoms with Gasteiger partial charge in [0.2, 0.25) is 5.91 Å². The first-order chi connectivity index (χ1) is 16.8. The summed E-state index contributed by atoms with van der Waals surface area (Å²) in [6.07, 6.45) is 7.24. The second-order valence-corrected chi connectivity index (χ2v) is 10.5. The van der Waals surface area contributed by atoms with Crippen LogP contribution in [0.4, 0.5) is 0 Å². The third-order valence-electron chi connectivity index (χ3n) is 8.90. The van der Waals surface area contributed by atoms with E-state index in [1.165, 1.54) is 6.08 Å². The quantitative estimate of drug-likeness (QED) is 0.509. The zero-order valence-corrected chi connectivity index (χ0v) is 20.2. The van der Waals surface area contributed by atoms with E-state index in [1.54, 1.807) is 24.1 Å². The number of piperidine rings is 1. The lowest BCUT2D eigenvalue weighted by molar-refractivity contribution is -0.198. The number of carbonyl (C=O) groups excluding carboxylic acids is 1. The number of amides is 1. The van der Waals surface area contributed by atoms with Crippen molar-refractivity contribution in [2.24, 2.45) is 0 Å². The smallest absolute Gasteiger partial charge is 0.246 e. The van der Waals surface area contributed by atoms with Gasteiger partial charge in [-0.25, -0.2) is 0 Å². The van der Waals surface area contributed by atoms with Crippen LogP contribution in [-0.4, -0.2) is 69.8 Å². The monoisotopic (exact) mass is 476 g/mol. The molecule has 1 spiro atoms. The second kappa shape index (κ2) is 7.73. The van der Waals surface area contributed by atoms with E-state index in [9.17, 15) is 15.0 Å². The number of hydrogen-bond donors (Lipinski definition) is 2. The van der Waals surface area contributed by atoms with Crippen molar-refractivity contribution < 1.29 is 24.2 Å². The normalized spacial score (nSPS) is 32.8. The Morgan fingerprint density at radius 3 is 2.89 bits per heavy atom. The Bertz CT molecular complexity index is 1230. The van der Waals surface area contributed by atoms with Gasteiger partial charge in [0.25, 0.3) is 0 Å². The number of nitrogens with zero attached hydrogens (tertiary/aromatic N) is 2. The van der Waals surface area contributed by atoms with Crippen LogP contribution in [0.3, 0.4) is 0 Å². The lowest BCUT2D eigenvalue weighted by Gasteiger charge is -2.64. The fraction of sp³-hybridized carbons (Fsp3) is 0.464. The van der Waals surface area contributed by atoms with Gasteiger partial charge in [0.1, 0.15) is 17.6 Å². The molecule has 2 aliphatic carbocycles. The van der Waals surface area contributed by atoms with Gasteiger partial charge in [-0.2, -0.15) is 0 Å². The molecule has 4 aliphatic rings. The lowest BCUT2D eigenvalue weighted by atomic mass is 9.48. The van der Waals surface area contributed by atoms with E-state index < -0.39 is 17.1 Å². The van der Waals surface area contributed by atoms with Gasteiger partial charge in [0, 0.05) is 31.3 Å². The summed E-state index contributed by atoms with van der Waals surface area (Å²) in [4.78, 5) is 17.3. The highest BCUT2D eigenvalue weighted by atomic mass is 16.5. The molecule has 7 heteroatoms. The number of ether oxygens (including phenoxy) is 1. The molecule has 5 atom stereocenters. The maximum absolute atomic E-state index is 13.2. The van der Waals surface area contributed by atoms with Crippen molar-refractivity contribution in [3.63, 3.8) is 0 Å². The van der Waals surface area contributed by atoms with E-state index in [1.807, 2.05) is 31.2 Å². The number of phenols is 1. The summed E-state index contributed by atoms with van der Waals surface area (Å²) in [5.74, 6) is 1.85. The van der Waals surface area contributed by atoms with E-state index in [0.29, 0.717) is 43.7 Å². The molecule has 1 amide bonds. The van der Waals surface area contributed by atoms with Crippen LogP contribution in [0.5, 0.6) is 11.5 Å². The van der Waals surface area contributed by atoms with Crippen LogP contribution in [-0.2, 0) is 16.6 Å². The molecular weight excluding hydrogens is 444 g/mol. The summed E-state index contributed by atoms with van der Waals surface area (Å²) in [5, 5.41) is 23.2. The minimum absolute atomic E-state index is 0.0626. The topological polar surface area (TPSA) is 86.4 Å². The molecule has 1 saturated carbocycles. The molecule has 2 unspecified atom stereocenters. The van der Waals surface area contributed by atoms with Crippen molar-refractivity contribution in [2.75, 3.05) is 20.1 Å². The molecule has 2 aromatic rings. The molecule has 2 aliphatic heterocycles. The van der Waals surface area contributed by atoms with Gasteiger partial charge in [-0.05, 0) is 69.0 Å². The Hall–Kier alpha value is -3.03. The molecule has 35 heavy (non-hydrogen) atoms. The molecule has 1 aromatic carbocycles. The number of likely N-dealkylation sites (tertiary alicyclic amines) is 1. The molecule has 2 fully saturated rings. The lowest BCUT2D eigenvalue weighted by Crippen LogP contribution is -2.78. The summed E-state index contributed by atoms with van der Waals surface area (Å²) >= 11 is 0. The third-order valence-corrected chi connectivity index (χ3v) is 8.90. The predicted octanol–water partition coefficient (Wildman–Crippen LogP) is 3.17. The van der Waals surface area contributed by atoms with Crippen LogP contribution < -0.4 is 4.74 Å². The van der Waals surface area contributed by atoms with Gasteiger partial charge in [-0.15, -0.1) is 6.58 Å². The molecule has 2 bridgehead atoms. The highest BCUT2D eigenvalue weighted by molar-refractivity contribution is 5.91. The van der Waals surface area contributed by atoms with Crippen LogP contribution in [0.15, 0.2) is 47.4 Å². The molecule has 3 heterocycles. The largest absolute Gasteiger partial charge is 0.504 e. The number of carbonyl (C=O) groups is 1. The van der Waals surface area contributed by atoms with Crippen LogP contribution >= 0.6 is 0 Å². The first-order valence-corrected chi connectivity index (χ1v) is 12.4. The standard InChI is InChI=1S/C28H32N2O5/c1-4-14-30-15-13-27-24-18-6-9-21(31)25(24)35-26(27)20(11-12-28(27,33)22(30)16-18)29(3)23(32)10-8-19-7-5-17(2)34-19/h4-10,20,22,26,31,33H,1,11-16H2,2-3H3/b10-8+/t20?,22-,26?,27+,28-/m1/s1. The zero-order chi connectivity index (χ0) is 24.5. The predicted molar refractivity (Wildman–Crippen MR) is 131 cm³/mol. The van der Waals surface area contributed by atoms with E-state index in [2.05, 4.69) is 11.5 Å². The van der Waals surface area contributed by atoms with Crippen molar-refractivity contribution in [3.8, 4) is 11.5 Å². The molecule has 6 rings (SSSR count). The minimum atomic E-state index is -1.01. The number of phenolic OH excluding ortho intramolecular Hbond substituents is 1. The molecular formula is C28H32N2O5. The van der Waals surface area contributed by atoms with Gasteiger partial charge in [0.15, 0.2) is 11.5 Å². The average Bonchev–Trinajstić information content (AvgIpc) is 3.41. The fourth-order valence-corrected chi connectivity index (χ4v) is 7.36. The molecule has 2 N–H and O–H groups in total. The Balaban J connectivity index is 1.39. The van der Waals surface area contributed by atoms with Gasteiger partial charge >= 0.3 is 0 Å². The molecule has 184 valence electrons. The van der Waals surface area contributed by atoms with E-state index >= 15 is 0 Å². The highest BCUT2D eigenvalue weighted by Gasteiger charge is 2.73. The number of aliphatic hydroxyl groups is 1. The van der Waals surface area contributed by atoms with Crippen molar-refractivity contribution in [3.05, 3.63) is 65.6 Å². The number of likely N-dealkylation sites (N-methyl/N-ethyl adjacent to an activating group) is 1. The van der Waals surface area contributed by atoms with E-state index in [4.69, 9.17) is 9.15 Å². The van der Waals surface area contributed by atoms with Crippen molar-refractivity contribution >= 4 is 12.0 Å². The van der Waals surface area contributed by atoms with Crippen molar-refractivity contribution in [1.82, 2.24) is 9.80 Å². The number of rotatable bonds is 5. The Morgan fingerprint density at radius 2 is 2.14 bits per heavy atom. The molecule has 1 saturated heterocycles. The number of hydrogen-bond acceptors (Lipinski definition) is 6. The molecule has 0 radical (unpaired) electrons. The SMILES string of the molecule is C=CCN1CC[C@]23c4c5ccc(O)c4OC2C(N(C)C(=O)/C=C/c2ccc(C)o2)CC[C@@]3(O)[C@H]1C5. The van der Waals surface area contributed by atoms with Crippen molar-refractivity contribution in [1.29, 1.82) is 0 Å². The number of aryl methyl sites for hydroxylation is 1. The van der Waals surface area contributed by atoms with E-state index in [-0.39, 0.29) is 23.7 Å². The summed E-state index contributed by atoms with van der Waals surface area (Å²) in [5.41, 5.74) is 0.390. The number of benzene rings is 1. The zero-order valence-electron chi connectivity index (χ0n) is 20.2. The third kappa shape index (κ3) is 2.94. The minimum Gasteiger partial charge on any atom is -0.504 e. The van der Waals surface area contributed by atoms with Crippen molar-refractivity contribution in [2.45, 2.75) is 61.8 Å². The second-order valence-electron chi connectivity index (χ2n) is 10.5. The Morgan fingerprint density at radius 1 is 1.31 bits per heavy atom. The maximum atomic E-state index is 13.2. The maximum Gasteiger partial charge on any atom is 0.246 e. The van der Waals surface area contributed by atoms with Gasteiger partial charge in [0.05, 0.1) is 17.1 Å². The first kappa shape index (κ1) is 22.4. The molecule has 1 aromatic heterocycles. The van der Waals surface area contributed by atoms with Gasteiger partial charge in [-0.1, -0.05) is 12.1 Å². The van der Waals surface area contributed by atoms with Crippen LogP contribution in [0.25, 0.3) is 6.08 Å². The fourth-order valence-electron chi connectivity index (χ4n) is 7.36. The summed E-state index contributed by atoms with van der Waals surface area (Å²) in [7, 11) is 1.80. The van der Waals surface area contributed by atoms with Crippen LogP contribution in [0.2, 0.25) is 0 Å². The average molecular weight is 477 g/mol. The Labute approximate surface area is 205 Å².